The van der Waals surface area contributed by atoms with Crippen LogP contribution in [0.2, 0.25) is 0 Å². The van der Waals surface area contributed by atoms with Crippen molar-refractivity contribution < 1.29 is 46.3 Å². The van der Waals surface area contributed by atoms with Crippen molar-refractivity contribution in [1.29, 1.82) is 0 Å². The minimum Gasteiger partial charge on any atom is -0.759 e. The number of carbonyl (C=O) groups is 2. The van der Waals surface area contributed by atoms with Gasteiger partial charge in [-0.2, -0.15) is 30.0 Å². The Morgan fingerprint density at radius 2 is 0.847 bits per heavy atom. The van der Waals surface area contributed by atoms with Crippen LogP contribution in [0.3, 0.4) is 0 Å². The fourth-order valence-electron chi connectivity index (χ4n) is 5.65. The maximum Gasteiger partial charge on any atom is 0.222 e. The highest BCUT2D eigenvalue weighted by molar-refractivity contribution is 7.79. The number of hydrogen-bond donors (Lipinski definition) is 4. The number of rotatable bonds is 14. The summed E-state index contributed by atoms with van der Waals surface area (Å²) in [5.41, 5.74) is 4.88. The molecule has 6 rings (SSSR count). The van der Waals surface area contributed by atoms with Crippen LogP contribution in [0, 0.1) is 0 Å². The molecule has 0 bridgehead atoms. The molecule has 0 aliphatic heterocycles. The monoisotopic (exact) mass is 832 g/mol. The molecule has 2 amide bonds. The number of nitrogens with zero attached hydrogens (tertiary/aromatic N) is 8. The highest BCUT2D eigenvalue weighted by Gasteiger charge is 2.23. The molecule has 2 unspecified atom stereocenters. The molecule has 0 fully saturated rings. The molecule has 0 saturated carbocycles. The van der Waals surface area contributed by atoms with Crippen molar-refractivity contribution in [3.8, 4) is 11.5 Å². The minimum absolute atomic E-state index is 0.0529. The molecule has 0 aliphatic carbocycles. The molecule has 59 heavy (non-hydrogen) atoms. The average Bonchev–Trinajstić information content (AvgIpc) is 3.77. The summed E-state index contributed by atoms with van der Waals surface area (Å²) in [6.07, 6.45) is 0.450. The van der Waals surface area contributed by atoms with E-state index in [-0.39, 0.29) is 48.2 Å². The molecule has 0 spiro atoms. The number of aromatic nitrogens is 6. The van der Waals surface area contributed by atoms with Gasteiger partial charge in [-0.3, -0.25) is 18.0 Å². The van der Waals surface area contributed by atoms with Gasteiger partial charge in [0.15, 0.2) is 0 Å². The molecule has 2 aromatic heterocycles. The van der Waals surface area contributed by atoms with Gasteiger partial charge in [0.1, 0.15) is 45.6 Å². The Kier molecular flexibility index (Phi) is 15.6. The molecule has 2 heterocycles. The van der Waals surface area contributed by atoms with Gasteiger partial charge in [-0.05, 0) is 59.7 Å². The van der Waals surface area contributed by atoms with Gasteiger partial charge in [-0.1, -0.05) is 48.5 Å². The summed E-state index contributed by atoms with van der Waals surface area (Å²) in [7, 11) is 7.36. The van der Waals surface area contributed by atoms with Gasteiger partial charge in [0.2, 0.25) is 11.8 Å². The number of benzene rings is 4. The van der Waals surface area contributed by atoms with Crippen molar-refractivity contribution >= 4 is 44.3 Å². The Labute approximate surface area is 343 Å². The third kappa shape index (κ3) is 16.1. The second-order valence-corrected chi connectivity index (χ2v) is 16.6. The van der Waals surface area contributed by atoms with Gasteiger partial charge in [0.25, 0.3) is 0 Å². The van der Waals surface area contributed by atoms with E-state index in [4.69, 9.17) is 17.5 Å². The Bertz CT molecular complexity index is 2160. The lowest BCUT2D eigenvalue weighted by Gasteiger charge is -2.24. The Morgan fingerprint density at radius 1 is 0.576 bits per heavy atom. The van der Waals surface area contributed by atoms with Crippen LogP contribution < -0.4 is 10.6 Å². The number of nitrogens with one attached hydrogen (secondary N) is 2. The lowest BCUT2D eigenvalue weighted by Crippen LogP contribution is -2.42. The van der Waals surface area contributed by atoms with E-state index in [0.717, 1.165) is 55.2 Å². The van der Waals surface area contributed by atoms with Crippen molar-refractivity contribution in [1.82, 2.24) is 40.6 Å². The Hall–Kier alpha value is -5.99. The smallest absolute Gasteiger partial charge is 0.222 e. The zero-order valence-corrected chi connectivity index (χ0v) is 34.8. The van der Waals surface area contributed by atoms with E-state index in [0.29, 0.717) is 13.1 Å². The molecule has 18 nitrogen and oxygen atoms in total. The zero-order chi connectivity index (χ0) is 43.4. The molecular formula is C40H52N10O8S. The van der Waals surface area contributed by atoms with Crippen molar-refractivity contribution in [3.05, 3.63) is 108 Å². The second kappa shape index (κ2) is 20.1. The summed E-state index contributed by atoms with van der Waals surface area (Å²) >= 11 is 0. The predicted octanol–water partition coefficient (Wildman–Crippen LogP) is 2.54. The number of hydrogen-bond acceptors (Lipinski definition) is 12. The maximum atomic E-state index is 12.5. The molecular weight excluding hydrogens is 781 g/mol. The fourth-order valence-corrected chi connectivity index (χ4v) is 5.65. The summed E-state index contributed by atoms with van der Waals surface area (Å²) < 4.78 is 35.7. The molecule has 2 atom stereocenters. The van der Waals surface area contributed by atoms with Gasteiger partial charge in [0.05, 0.1) is 81.3 Å². The maximum absolute atomic E-state index is 12.5. The van der Waals surface area contributed by atoms with E-state index >= 15 is 0 Å². The van der Waals surface area contributed by atoms with Gasteiger partial charge >= 0.3 is 0 Å². The molecule has 4 aromatic carbocycles. The number of carbonyl (C=O) groups excluding carboxylic acids is 2. The van der Waals surface area contributed by atoms with Crippen molar-refractivity contribution in [2.24, 2.45) is 0 Å². The van der Waals surface area contributed by atoms with Gasteiger partial charge in [-0.15, -0.1) is 0 Å². The third-order valence-corrected chi connectivity index (χ3v) is 8.68. The normalized spacial score (nSPS) is 12.7. The molecule has 316 valence electrons. The van der Waals surface area contributed by atoms with Gasteiger partial charge in [0, 0.05) is 10.4 Å². The number of fused-ring (bicyclic) bond motifs is 2. The molecule has 0 saturated heterocycles. The third-order valence-electron chi connectivity index (χ3n) is 8.68. The summed E-state index contributed by atoms with van der Waals surface area (Å²) in [4.78, 5) is 28.3. The Balaban J connectivity index is 0.000000234. The van der Waals surface area contributed by atoms with Gasteiger partial charge in [-0.25, -0.2) is 0 Å². The zero-order valence-electron chi connectivity index (χ0n) is 34.0. The minimum atomic E-state index is -5.17. The van der Waals surface area contributed by atoms with E-state index in [1.165, 1.54) is 0 Å². The van der Waals surface area contributed by atoms with Crippen molar-refractivity contribution in [3.63, 3.8) is 0 Å². The molecule has 0 radical (unpaired) electrons. The first-order chi connectivity index (χ1) is 27.6. The summed E-state index contributed by atoms with van der Waals surface area (Å²) in [6, 6.07) is 28.2. The SMILES string of the molecule is C[N+](C)(C)CCNC(=O)CC(c1ccc(O)cc1)n1nc2ccccc2n1.C[N+](C)(C)CCNC(=O)CC(c1ccc(O)cc1)n1nc2ccccc2n1.O=S(=O)([O-])[O-]. The topological polar surface area (TPSA) is 240 Å². The van der Waals surface area contributed by atoms with E-state index in [1.54, 1.807) is 58.1 Å². The quantitative estimate of drug-likeness (QED) is 0.0704. The lowest BCUT2D eigenvalue weighted by molar-refractivity contribution is -0.869. The van der Waals surface area contributed by atoms with Crippen LogP contribution in [0.15, 0.2) is 97.1 Å². The highest BCUT2D eigenvalue weighted by atomic mass is 32.3. The van der Waals surface area contributed by atoms with Crippen LogP contribution in [-0.4, -0.2) is 147 Å². The van der Waals surface area contributed by atoms with E-state index in [9.17, 15) is 19.8 Å². The summed E-state index contributed by atoms with van der Waals surface area (Å²) in [5, 5.41) is 43.3. The van der Waals surface area contributed by atoms with Crippen LogP contribution in [-0.2, 0) is 20.0 Å². The van der Waals surface area contributed by atoms with E-state index in [1.807, 2.05) is 48.5 Å². The van der Waals surface area contributed by atoms with Crippen LogP contribution in [0.25, 0.3) is 22.1 Å². The summed E-state index contributed by atoms with van der Waals surface area (Å²) in [5.74, 6) is 0.262. The second-order valence-electron chi connectivity index (χ2n) is 15.8. The lowest BCUT2D eigenvalue weighted by atomic mass is 10.0. The predicted molar refractivity (Wildman–Crippen MR) is 219 cm³/mol. The molecule has 4 N–H and O–H groups in total. The van der Waals surface area contributed by atoms with Gasteiger partial charge < -0.3 is 38.9 Å². The number of likely N-dealkylation sites (N-methyl/N-ethyl adjacent to an activating group) is 2. The number of phenolic OH excluding ortho intramolecular Hbond substituents is 2. The summed E-state index contributed by atoms with van der Waals surface area (Å²) in [6.45, 7) is 2.91. The van der Waals surface area contributed by atoms with Crippen molar-refractivity contribution in [2.75, 3.05) is 68.5 Å². The molecule has 0 aliphatic rings. The van der Waals surface area contributed by atoms with E-state index in [2.05, 4.69) is 73.3 Å². The standard InChI is InChI=1S/2C20H25N5O2.H2O4S/c2*1-25(2,3)13-12-21-20(27)14-19(15-8-10-16(26)11-9-15)24-22-17-6-4-5-7-18(17)23-24;1-5(2,3)4/h2*4-11,19H,12-14H2,1-3H3,(H-,21,26,27);(H2,1,2,3,4). The molecule has 19 heteroatoms. The number of amides is 2. The van der Waals surface area contributed by atoms with Crippen molar-refractivity contribution in [2.45, 2.75) is 24.9 Å². The van der Waals surface area contributed by atoms with E-state index < -0.39 is 10.4 Å². The van der Waals surface area contributed by atoms with Crippen LogP contribution in [0.4, 0.5) is 0 Å². The van der Waals surface area contributed by atoms with Crippen LogP contribution in [0.1, 0.15) is 36.1 Å². The van der Waals surface area contributed by atoms with Crippen LogP contribution >= 0.6 is 0 Å². The fraction of sp³-hybridized carbons (Fsp3) is 0.350. The number of phenols is 2. The largest absolute Gasteiger partial charge is 0.759 e. The number of aromatic hydroxyl groups is 2. The van der Waals surface area contributed by atoms with Crippen LogP contribution in [0.5, 0.6) is 11.5 Å². The molecule has 6 aromatic rings. The first kappa shape index (κ1) is 45.7. The highest BCUT2D eigenvalue weighted by Crippen LogP contribution is 2.26. The number of quaternary nitrogens is 2. The first-order valence-corrected chi connectivity index (χ1v) is 20.0. The first-order valence-electron chi connectivity index (χ1n) is 18.7. The average molecular weight is 833 g/mol. The Morgan fingerprint density at radius 3 is 1.10 bits per heavy atom.